The number of carbonyl (C=O) groups excluding carboxylic acids is 1. The highest BCUT2D eigenvalue weighted by Gasteiger charge is 2.03. The van der Waals surface area contributed by atoms with Gasteiger partial charge in [-0.2, -0.15) is 5.26 Å². The Labute approximate surface area is 93.0 Å². The highest BCUT2D eigenvalue weighted by molar-refractivity contribution is 8.00. The summed E-state index contributed by atoms with van der Waals surface area (Å²) in [6, 6.07) is 9.20. The van der Waals surface area contributed by atoms with Crippen LogP contribution in [-0.2, 0) is 9.53 Å². The molecule has 0 aromatic heterocycles. The van der Waals surface area contributed by atoms with E-state index in [-0.39, 0.29) is 11.7 Å². The number of hydrogen-bond donors (Lipinski definition) is 0. The van der Waals surface area contributed by atoms with Gasteiger partial charge in [0.2, 0.25) is 0 Å². The predicted molar refractivity (Wildman–Crippen MR) is 58.5 cm³/mol. The van der Waals surface area contributed by atoms with E-state index in [1.807, 2.05) is 6.07 Å². The SMILES string of the molecule is CCOC(=O)CSc1cccc(C#N)c1. The first kappa shape index (κ1) is 11.6. The van der Waals surface area contributed by atoms with Gasteiger partial charge in [-0.1, -0.05) is 6.07 Å². The molecule has 0 saturated heterocycles. The Hall–Kier alpha value is -1.47. The van der Waals surface area contributed by atoms with Crippen molar-refractivity contribution in [3.8, 4) is 6.07 Å². The molecule has 0 spiro atoms. The average Bonchev–Trinajstić information content (AvgIpc) is 2.27. The molecule has 0 amide bonds. The molecule has 0 aliphatic carbocycles. The summed E-state index contributed by atoms with van der Waals surface area (Å²) in [4.78, 5) is 12.0. The predicted octanol–water partition coefficient (Wildman–Crippen LogP) is 2.21. The van der Waals surface area contributed by atoms with Crippen molar-refractivity contribution in [1.82, 2.24) is 0 Å². The molecule has 1 rings (SSSR count). The maximum absolute atomic E-state index is 11.1. The molecular weight excluding hydrogens is 210 g/mol. The molecule has 0 aliphatic rings. The smallest absolute Gasteiger partial charge is 0.316 e. The van der Waals surface area contributed by atoms with Gasteiger partial charge >= 0.3 is 5.97 Å². The van der Waals surface area contributed by atoms with E-state index >= 15 is 0 Å². The number of ether oxygens (including phenoxy) is 1. The molecule has 1 aromatic carbocycles. The number of nitrogens with zero attached hydrogens (tertiary/aromatic N) is 1. The van der Waals surface area contributed by atoms with E-state index in [0.29, 0.717) is 12.2 Å². The first-order valence-electron chi connectivity index (χ1n) is 4.55. The summed E-state index contributed by atoms with van der Waals surface area (Å²) in [5, 5.41) is 8.67. The average molecular weight is 221 g/mol. The molecule has 0 saturated carbocycles. The maximum Gasteiger partial charge on any atom is 0.316 e. The lowest BCUT2D eigenvalue weighted by atomic mass is 10.2. The number of thioether (sulfide) groups is 1. The minimum Gasteiger partial charge on any atom is -0.465 e. The molecule has 0 atom stereocenters. The van der Waals surface area contributed by atoms with Gasteiger partial charge in [0.1, 0.15) is 0 Å². The van der Waals surface area contributed by atoms with Crippen LogP contribution in [0.4, 0.5) is 0 Å². The lowest BCUT2D eigenvalue weighted by Crippen LogP contribution is -2.06. The third-order valence-corrected chi connectivity index (χ3v) is 2.59. The largest absolute Gasteiger partial charge is 0.465 e. The Morgan fingerprint density at radius 3 is 3.07 bits per heavy atom. The van der Waals surface area contributed by atoms with Crippen LogP contribution in [0.2, 0.25) is 0 Å². The van der Waals surface area contributed by atoms with Crippen molar-refractivity contribution in [1.29, 1.82) is 5.26 Å². The van der Waals surface area contributed by atoms with Crippen molar-refractivity contribution in [2.24, 2.45) is 0 Å². The number of benzene rings is 1. The van der Waals surface area contributed by atoms with E-state index in [9.17, 15) is 4.79 Å². The highest BCUT2D eigenvalue weighted by Crippen LogP contribution is 2.18. The second kappa shape index (κ2) is 6.10. The topological polar surface area (TPSA) is 50.1 Å². The summed E-state index contributed by atoms with van der Waals surface area (Å²) < 4.78 is 4.80. The zero-order valence-electron chi connectivity index (χ0n) is 8.40. The van der Waals surface area contributed by atoms with Crippen molar-refractivity contribution in [2.75, 3.05) is 12.4 Å². The van der Waals surface area contributed by atoms with Gasteiger partial charge in [0.25, 0.3) is 0 Å². The Morgan fingerprint density at radius 2 is 2.40 bits per heavy atom. The Kier molecular flexibility index (Phi) is 4.72. The molecule has 78 valence electrons. The minimum absolute atomic E-state index is 0.232. The second-order valence-electron chi connectivity index (χ2n) is 2.73. The summed E-state index contributed by atoms with van der Waals surface area (Å²) in [6.07, 6.45) is 0. The van der Waals surface area contributed by atoms with Crippen LogP contribution in [0.5, 0.6) is 0 Å². The van der Waals surface area contributed by atoms with E-state index in [4.69, 9.17) is 10.00 Å². The van der Waals surface area contributed by atoms with Crippen LogP contribution in [0, 0.1) is 11.3 Å². The number of nitriles is 1. The third kappa shape index (κ3) is 4.05. The molecule has 0 aliphatic heterocycles. The summed E-state index contributed by atoms with van der Waals surface area (Å²) in [5.74, 6) is 0.0489. The standard InChI is InChI=1S/C11H11NO2S/c1-2-14-11(13)8-15-10-5-3-4-9(6-10)7-12/h3-6H,2,8H2,1H3. The second-order valence-corrected chi connectivity index (χ2v) is 3.78. The summed E-state index contributed by atoms with van der Waals surface area (Å²) in [5.41, 5.74) is 0.601. The highest BCUT2D eigenvalue weighted by atomic mass is 32.2. The first-order chi connectivity index (χ1) is 7.26. The molecule has 3 nitrogen and oxygen atoms in total. The molecular formula is C11H11NO2S. The van der Waals surface area contributed by atoms with E-state index in [1.54, 1.807) is 25.1 Å². The lowest BCUT2D eigenvalue weighted by molar-refractivity contribution is -0.139. The lowest BCUT2D eigenvalue weighted by Gasteiger charge is -2.01. The Bertz CT molecular complexity index is 384. The number of esters is 1. The molecule has 0 N–H and O–H groups in total. The van der Waals surface area contributed by atoms with Gasteiger partial charge in [-0.15, -0.1) is 11.8 Å². The maximum atomic E-state index is 11.1. The zero-order valence-corrected chi connectivity index (χ0v) is 9.21. The molecule has 1 aromatic rings. The first-order valence-corrected chi connectivity index (χ1v) is 5.53. The summed E-state index contributed by atoms with van der Waals surface area (Å²) in [7, 11) is 0. The summed E-state index contributed by atoms with van der Waals surface area (Å²) in [6.45, 7) is 2.18. The molecule has 0 bridgehead atoms. The fourth-order valence-corrected chi connectivity index (χ4v) is 1.75. The van der Waals surface area contributed by atoms with Crippen LogP contribution in [0.25, 0.3) is 0 Å². The molecule has 15 heavy (non-hydrogen) atoms. The van der Waals surface area contributed by atoms with Crippen LogP contribution in [0.15, 0.2) is 29.2 Å². The van der Waals surface area contributed by atoms with Gasteiger partial charge < -0.3 is 4.74 Å². The fraction of sp³-hybridized carbons (Fsp3) is 0.273. The molecule has 0 heterocycles. The van der Waals surface area contributed by atoms with Crippen LogP contribution >= 0.6 is 11.8 Å². The van der Waals surface area contributed by atoms with Crippen LogP contribution in [0.1, 0.15) is 12.5 Å². The Balaban J connectivity index is 2.51. The minimum atomic E-state index is -0.232. The van der Waals surface area contributed by atoms with Gasteiger partial charge in [-0.3, -0.25) is 4.79 Å². The fourth-order valence-electron chi connectivity index (χ4n) is 1.00. The number of rotatable bonds is 4. The van der Waals surface area contributed by atoms with Crippen LogP contribution in [-0.4, -0.2) is 18.3 Å². The van der Waals surface area contributed by atoms with Gasteiger partial charge in [0.15, 0.2) is 0 Å². The molecule has 0 fully saturated rings. The van der Waals surface area contributed by atoms with Gasteiger partial charge in [-0.25, -0.2) is 0 Å². The van der Waals surface area contributed by atoms with Crippen molar-refractivity contribution in [3.05, 3.63) is 29.8 Å². The zero-order chi connectivity index (χ0) is 11.1. The monoisotopic (exact) mass is 221 g/mol. The van der Waals surface area contributed by atoms with Crippen molar-refractivity contribution < 1.29 is 9.53 Å². The van der Waals surface area contributed by atoms with Crippen LogP contribution in [0.3, 0.4) is 0 Å². The van der Waals surface area contributed by atoms with Crippen LogP contribution < -0.4 is 0 Å². The van der Waals surface area contributed by atoms with Gasteiger partial charge in [-0.05, 0) is 25.1 Å². The van der Waals surface area contributed by atoms with Gasteiger partial charge in [0.05, 0.1) is 24.0 Å². The Morgan fingerprint density at radius 1 is 1.60 bits per heavy atom. The van der Waals surface area contributed by atoms with Crippen molar-refractivity contribution in [3.63, 3.8) is 0 Å². The van der Waals surface area contributed by atoms with E-state index in [1.165, 1.54) is 11.8 Å². The van der Waals surface area contributed by atoms with E-state index in [0.717, 1.165) is 4.90 Å². The number of hydrogen-bond acceptors (Lipinski definition) is 4. The quantitative estimate of drug-likeness (QED) is 0.577. The van der Waals surface area contributed by atoms with Crippen molar-refractivity contribution in [2.45, 2.75) is 11.8 Å². The normalized spacial score (nSPS) is 9.33. The molecule has 0 unspecified atom stereocenters. The summed E-state index contributed by atoms with van der Waals surface area (Å²) >= 11 is 1.37. The van der Waals surface area contributed by atoms with E-state index < -0.39 is 0 Å². The van der Waals surface area contributed by atoms with Gasteiger partial charge in [0, 0.05) is 4.90 Å². The number of carbonyl (C=O) groups is 1. The third-order valence-electron chi connectivity index (χ3n) is 1.63. The molecule has 4 heteroatoms. The molecule has 0 radical (unpaired) electrons. The van der Waals surface area contributed by atoms with Crippen molar-refractivity contribution >= 4 is 17.7 Å². The van der Waals surface area contributed by atoms with E-state index in [2.05, 4.69) is 6.07 Å².